The number of halogens is 1. The maximum absolute atomic E-state index is 13.5. The second-order valence-electron chi connectivity index (χ2n) is 5.92. The average molecular weight is 397 g/mol. The maximum Gasteiger partial charge on any atom is 0.262 e. The molecule has 0 aliphatic rings. The van der Waals surface area contributed by atoms with Crippen LogP contribution in [0, 0.1) is 5.82 Å². The van der Waals surface area contributed by atoms with Crippen molar-refractivity contribution in [3.63, 3.8) is 0 Å². The van der Waals surface area contributed by atoms with Gasteiger partial charge >= 0.3 is 0 Å². The Balaban J connectivity index is 1.46. The summed E-state index contributed by atoms with van der Waals surface area (Å²) >= 11 is 1.42. The summed E-state index contributed by atoms with van der Waals surface area (Å²) in [5.41, 5.74) is 1.45. The second-order valence-corrected chi connectivity index (χ2v) is 6.88. The van der Waals surface area contributed by atoms with Crippen molar-refractivity contribution in [3.05, 3.63) is 60.2 Å². The van der Waals surface area contributed by atoms with Gasteiger partial charge in [0.15, 0.2) is 24.0 Å². The normalized spacial score (nSPS) is 10.9. The summed E-state index contributed by atoms with van der Waals surface area (Å²) < 4.78 is 20.5. The van der Waals surface area contributed by atoms with Crippen molar-refractivity contribution in [1.29, 1.82) is 0 Å². The molecule has 0 saturated carbocycles. The number of hydrogen-bond donors (Lipinski definition) is 1. The highest BCUT2D eigenvalue weighted by Gasteiger charge is 2.13. The number of benzene rings is 2. The Morgan fingerprint density at radius 1 is 1.21 bits per heavy atom. The van der Waals surface area contributed by atoms with Crippen molar-refractivity contribution in [2.45, 2.75) is 13.3 Å². The summed E-state index contributed by atoms with van der Waals surface area (Å²) in [7, 11) is 0. The molecule has 0 spiro atoms. The lowest BCUT2D eigenvalue weighted by molar-refractivity contribution is -0.118. The van der Waals surface area contributed by atoms with Gasteiger partial charge in [-0.15, -0.1) is 10.2 Å². The van der Waals surface area contributed by atoms with Crippen LogP contribution in [0.15, 0.2) is 48.5 Å². The fraction of sp³-hybridized carbons (Fsp3) is 0.158. The standard InChI is InChI=1S/C19H16FN5O2S/c1-2-16-22-23-19-25(16)24-18(28-19)12-6-5-7-13(10-12)21-17(26)11-27-15-9-4-3-8-14(15)20/h3-10H,2,11H2,1H3,(H,21,26). The molecule has 0 aliphatic heterocycles. The topological polar surface area (TPSA) is 81.4 Å². The van der Waals surface area contributed by atoms with E-state index in [2.05, 4.69) is 20.6 Å². The number of aryl methyl sites for hydroxylation is 1. The van der Waals surface area contributed by atoms with Gasteiger partial charge in [-0.3, -0.25) is 4.79 Å². The van der Waals surface area contributed by atoms with Gasteiger partial charge in [-0.25, -0.2) is 4.39 Å². The first-order valence-electron chi connectivity index (χ1n) is 8.63. The second kappa shape index (κ2) is 7.73. The number of amides is 1. The van der Waals surface area contributed by atoms with Crippen molar-refractivity contribution < 1.29 is 13.9 Å². The zero-order chi connectivity index (χ0) is 19.5. The van der Waals surface area contributed by atoms with Gasteiger partial charge in [0.2, 0.25) is 4.96 Å². The molecule has 1 N–H and O–H groups in total. The van der Waals surface area contributed by atoms with E-state index in [4.69, 9.17) is 4.74 Å². The molecule has 0 aliphatic carbocycles. The summed E-state index contributed by atoms with van der Waals surface area (Å²) in [6, 6.07) is 13.3. The molecule has 0 saturated heterocycles. The van der Waals surface area contributed by atoms with Gasteiger partial charge in [-0.2, -0.15) is 9.61 Å². The number of aromatic nitrogens is 4. The minimum absolute atomic E-state index is 0.0397. The van der Waals surface area contributed by atoms with Gasteiger partial charge < -0.3 is 10.1 Å². The average Bonchev–Trinajstić information content (AvgIpc) is 3.28. The SMILES string of the molecule is CCc1nnc2sc(-c3cccc(NC(=O)COc4ccccc4F)c3)nn12. The van der Waals surface area contributed by atoms with Crippen LogP contribution in [0.5, 0.6) is 5.75 Å². The Labute approximate surface area is 163 Å². The van der Waals surface area contributed by atoms with Crippen molar-refractivity contribution in [2.75, 3.05) is 11.9 Å². The van der Waals surface area contributed by atoms with E-state index in [1.807, 2.05) is 25.1 Å². The molecule has 2 aromatic heterocycles. The molecule has 0 radical (unpaired) electrons. The predicted molar refractivity (Wildman–Crippen MR) is 104 cm³/mol. The van der Waals surface area contributed by atoms with E-state index in [9.17, 15) is 9.18 Å². The lowest BCUT2D eigenvalue weighted by atomic mass is 10.2. The van der Waals surface area contributed by atoms with E-state index in [1.165, 1.54) is 23.5 Å². The number of rotatable bonds is 6. The van der Waals surface area contributed by atoms with Crippen LogP contribution in [0.2, 0.25) is 0 Å². The number of anilines is 1. The molecule has 0 fully saturated rings. The third kappa shape index (κ3) is 3.70. The molecule has 1 amide bonds. The Hall–Kier alpha value is -3.33. The summed E-state index contributed by atoms with van der Waals surface area (Å²) in [5.74, 6) is -0.0519. The van der Waals surface area contributed by atoms with Crippen LogP contribution in [-0.2, 0) is 11.2 Å². The van der Waals surface area contributed by atoms with Crippen molar-refractivity contribution in [3.8, 4) is 16.3 Å². The highest BCUT2D eigenvalue weighted by atomic mass is 32.1. The van der Waals surface area contributed by atoms with Crippen LogP contribution in [0.3, 0.4) is 0 Å². The minimum Gasteiger partial charge on any atom is -0.481 e. The van der Waals surface area contributed by atoms with Gasteiger partial charge in [0.05, 0.1) is 0 Å². The number of para-hydroxylation sites is 1. The number of carbonyl (C=O) groups excluding carboxylic acids is 1. The highest BCUT2D eigenvalue weighted by Crippen LogP contribution is 2.27. The molecule has 2 aromatic carbocycles. The first-order chi connectivity index (χ1) is 13.6. The summed E-state index contributed by atoms with van der Waals surface area (Å²) in [5, 5.41) is 16.3. The fourth-order valence-corrected chi connectivity index (χ4v) is 3.48. The molecular weight excluding hydrogens is 381 g/mol. The number of nitrogens with one attached hydrogen (secondary N) is 1. The molecule has 7 nitrogen and oxygen atoms in total. The van der Waals surface area contributed by atoms with E-state index in [1.54, 1.807) is 22.7 Å². The first kappa shape index (κ1) is 18.1. The Kier molecular flexibility index (Phi) is 4.98. The lowest BCUT2D eigenvalue weighted by Gasteiger charge is -2.08. The van der Waals surface area contributed by atoms with Crippen molar-refractivity contribution in [2.24, 2.45) is 0 Å². The van der Waals surface area contributed by atoms with Crippen molar-refractivity contribution in [1.82, 2.24) is 19.8 Å². The van der Waals surface area contributed by atoms with E-state index in [0.717, 1.165) is 27.8 Å². The van der Waals surface area contributed by atoms with E-state index < -0.39 is 5.82 Å². The summed E-state index contributed by atoms with van der Waals surface area (Å²) in [4.78, 5) is 12.9. The first-order valence-corrected chi connectivity index (χ1v) is 9.44. The van der Waals surface area contributed by atoms with Gasteiger partial charge in [0.1, 0.15) is 5.01 Å². The Morgan fingerprint density at radius 3 is 2.89 bits per heavy atom. The molecule has 4 aromatic rings. The number of nitrogens with zero attached hydrogens (tertiary/aromatic N) is 4. The quantitative estimate of drug-likeness (QED) is 0.538. The minimum atomic E-state index is -0.507. The van der Waals surface area contributed by atoms with Gasteiger partial charge in [0, 0.05) is 17.7 Å². The molecule has 9 heteroatoms. The lowest BCUT2D eigenvalue weighted by Crippen LogP contribution is -2.20. The molecular formula is C19H16FN5O2S. The zero-order valence-corrected chi connectivity index (χ0v) is 15.7. The molecule has 0 bridgehead atoms. The number of ether oxygens (including phenoxy) is 1. The largest absolute Gasteiger partial charge is 0.481 e. The van der Waals surface area contributed by atoms with Crippen LogP contribution in [0.25, 0.3) is 15.5 Å². The maximum atomic E-state index is 13.5. The van der Waals surface area contributed by atoms with Crippen LogP contribution >= 0.6 is 11.3 Å². The Bertz CT molecular complexity index is 1140. The van der Waals surface area contributed by atoms with Gasteiger partial charge in [-0.1, -0.05) is 42.5 Å². The molecule has 0 atom stereocenters. The predicted octanol–water partition coefficient (Wildman–Crippen LogP) is 3.57. The molecule has 4 rings (SSSR count). The van der Waals surface area contributed by atoms with E-state index in [0.29, 0.717) is 5.69 Å². The van der Waals surface area contributed by atoms with E-state index in [-0.39, 0.29) is 18.3 Å². The molecule has 2 heterocycles. The highest BCUT2D eigenvalue weighted by molar-refractivity contribution is 7.19. The van der Waals surface area contributed by atoms with Gasteiger partial charge in [0.25, 0.3) is 5.91 Å². The van der Waals surface area contributed by atoms with E-state index >= 15 is 0 Å². The number of fused-ring (bicyclic) bond motifs is 1. The summed E-state index contributed by atoms with van der Waals surface area (Å²) in [6.07, 6.45) is 0.739. The third-order valence-electron chi connectivity index (χ3n) is 3.96. The number of hydrogen-bond acceptors (Lipinski definition) is 6. The summed E-state index contributed by atoms with van der Waals surface area (Å²) in [6.45, 7) is 1.71. The fourth-order valence-electron chi connectivity index (χ4n) is 2.63. The Morgan fingerprint density at radius 2 is 2.07 bits per heavy atom. The zero-order valence-electron chi connectivity index (χ0n) is 14.9. The molecule has 142 valence electrons. The van der Waals surface area contributed by atoms with Crippen molar-refractivity contribution >= 4 is 27.9 Å². The van der Waals surface area contributed by atoms with Crippen LogP contribution in [-0.4, -0.2) is 32.3 Å². The smallest absolute Gasteiger partial charge is 0.262 e. The third-order valence-corrected chi connectivity index (χ3v) is 4.91. The van der Waals surface area contributed by atoms with Crippen LogP contribution in [0.4, 0.5) is 10.1 Å². The molecule has 28 heavy (non-hydrogen) atoms. The van der Waals surface area contributed by atoms with Gasteiger partial charge in [-0.05, 0) is 24.3 Å². The van der Waals surface area contributed by atoms with Crippen LogP contribution < -0.4 is 10.1 Å². The number of carbonyl (C=O) groups is 1. The van der Waals surface area contributed by atoms with Crippen LogP contribution in [0.1, 0.15) is 12.7 Å². The molecule has 0 unspecified atom stereocenters. The monoisotopic (exact) mass is 397 g/mol.